The van der Waals surface area contributed by atoms with Crippen LogP contribution in [0.2, 0.25) is 5.02 Å². The lowest BCUT2D eigenvalue weighted by Gasteiger charge is -2.03. The maximum atomic E-state index is 5.79. The molecular weight excluding hydrogens is 197 g/mol. The smallest absolute Gasteiger partial charge is 0.213 e. The Kier molecular flexibility index (Phi) is 3.63. The van der Waals surface area contributed by atoms with E-state index >= 15 is 0 Å². The van der Waals surface area contributed by atoms with E-state index in [0.717, 1.165) is 0 Å². The summed E-state index contributed by atoms with van der Waals surface area (Å²) >= 11 is 11.4. The van der Waals surface area contributed by atoms with Crippen LogP contribution in [0.5, 0.6) is 5.88 Å². The molecule has 1 rings (SSSR count). The first-order valence-electron chi connectivity index (χ1n) is 3.62. The van der Waals surface area contributed by atoms with Crippen LogP contribution in [-0.2, 0) is 5.88 Å². The Hall–Kier alpha value is -0.470. The van der Waals surface area contributed by atoms with E-state index in [0.29, 0.717) is 29.1 Å². The van der Waals surface area contributed by atoms with Crippen molar-refractivity contribution >= 4 is 23.2 Å². The van der Waals surface area contributed by atoms with Gasteiger partial charge in [-0.1, -0.05) is 11.6 Å². The fourth-order valence-corrected chi connectivity index (χ4v) is 1.23. The van der Waals surface area contributed by atoms with Crippen LogP contribution in [0.4, 0.5) is 0 Å². The molecule has 0 N–H and O–H groups in total. The monoisotopic (exact) mass is 205 g/mol. The highest BCUT2D eigenvalue weighted by atomic mass is 35.5. The SMILES string of the molecule is CCOc1ccc(Cl)c(CCl)n1. The molecule has 1 heterocycles. The summed E-state index contributed by atoms with van der Waals surface area (Å²) in [4.78, 5) is 4.09. The number of ether oxygens (including phenoxy) is 1. The third-order valence-electron chi connectivity index (χ3n) is 1.31. The molecule has 66 valence electrons. The Morgan fingerprint density at radius 2 is 2.25 bits per heavy atom. The normalized spacial score (nSPS) is 9.92. The van der Waals surface area contributed by atoms with Crippen LogP contribution in [0.1, 0.15) is 12.6 Å². The summed E-state index contributed by atoms with van der Waals surface area (Å²) in [5.74, 6) is 0.872. The van der Waals surface area contributed by atoms with Crippen molar-refractivity contribution in [1.82, 2.24) is 4.98 Å². The molecule has 0 saturated heterocycles. The number of rotatable bonds is 3. The van der Waals surface area contributed by atoms with Crippen LogP contribution in [0.3, 0.4) is 0 Å². The van der Waals surface area contributed by atoms with E-state index < -0.39 is 0 Å². The molecule has 0 aliphatic carbocycles. The van der Waals surface area contributed by atoms with Gasteiger partial charge in [-0.3, -0.25) is 0 Å². The summed E-state index contributed by atoms with van der Waals surface area (Å²) in [5, 5.41) is 0.577. The summed E-state index contributed by atoms with van der Waals surface area (Å²) < 4.78 is 5.17. The van der Waals surface area contributed by atoms with Crippen LogP contribution >= 0.6 is 23.2 Å². The standard InChI is InChI=1S/C8H9Cl2NO/c1-2-12-8-4-3-6(10)7(5-9)11-8/h3-4H,2,5H2,1H3. The average molecular weight is 206 g/mol. The number of alkyl halides is 1. The van der Waals surface area contributed by atoms with E-state index in [1.165, 1.54) is 0 Å². The molecule has 0 aromatic carbocycles. The summed E-state index contributed by atoms with van der Waals surface area (Å²) in [5.41, 5.74) is 0.657. The highest BCUT2D eigenvalue weighted by Crippen LogP contribution is 2.19. The number of aromatic nitrogens is 1. The van der Waals surface area contributed by atoms with Gasteiger partial charge in [-0.2, -0.15) is 0 Å². The van der Waals surface area contributed by atoms with Crippen LogP contribution in [-0.4, -0.2) is 11.6 Å². The highest BCUT2D eigenvalue weighted by molar-refractivity contribution is 6.32. The molecule has 0 unspecified atom stereocenters. The van der Waals surface area contributed by atoms with Crippen LogP contribution in [0.15, 0.2) is 12.1 Å². The molecule has 0 atom stereocenters. The van der Waals surface area contributed by atoms with Gasteiger partial charge in [-0.05, 0) is 13.0 Å². The van der Waals surface area contributed by atoms with E-state index in [1.807, 2.05) is 6.92 Å². The van der Waals surface area contributed by atoms with E-state index in [1.54, 1.807) is 12.1 Å². The second-order valence-electron chi connectivity index (χ2n) is 2.14. The van der Waals surface area contributed by atoms with Crippen molar-refractivity contribution in [1.29, 1.82) is 0 Å². The van der Waals surface area contributed by atoms with Crippen molar-refractivity contribution in [2.75, 3.05) is 6.61 Å². The van der Waals surface area contributed by atoms with E-state index in [2.05, 4.69) is 4.98 Å². The molecule has 0 spiro atoms. The quantitative estimate of drug-likeness (QED) is 0.709. The maximum absolute atomic E-state index is 5.79. The average Bonchev–Trinajstić information content (AvgIpc) is 2.09. The predicted octanol–water partition coefficient (Wildman–Crippen LogP) is 2.87. The van der Waals surface area contributed by atoms with Gasteiger partial charge in [0.1, 0.15) is 0 Å². The number of hydrogen-bond donors (Lipinski definition) is 0. The van der Waals surface area contributed by atoms with E-state index in [4.69, 9.17) is 27.9 Å². The first-order chi connectivity index (χ1) is 5.77. The molecule has 0 radical (unpaired) electrons. The van der Waals surface area contributed by atoms with Gasteiger partial charge in [0.15, 0.2) is 0 Å². The molecule has 4 heteroatoms. The Bertz CT molecular complexity index is 265. The Morgan fingerprint density at radius 3 is 2.83 bits per heavy atom. The van der Waals surface area contributed by atoms with Crippen molar-refractivity contribution in [3.8, 4) is 5.88 Å². The third kappa shape index (κ3) is 2.26. The predicted molar refractivity (Wildman–Crippen MR) is 50.0 cm³/mol. The minimum Gasteiger partial charge on any atom is -0.478 e. The second kappa shape index (κ2) is 4.53. The van der Waals surface area contributed by atoms with Gasteiger partial charge in [0, 0.05) is 6.07 Å². The lowest BCUT2D eigenvalue weighted by atomic mass is 10.4. The minimum absolute atomic E-state index is 0.305. The van der Waals surface area contributed by atoms with Gasteiger partial charge in [-0.15, -0.1) is 11.6 Å². The molecule has 1 aromatic heterocycles. The molecular formula is C8H9Cl2NO. The molecule has 0 bridgehead atoms. The summed E-state index contributed by atoms with van der Waals surface area (Å²) in [6.45, 7) is 2.49. The van der Waals surface area contributed by atoms with Crippen molar-refractivity contribution < 1.29 is 4.74 Å². The Morgan fingerprint density at radius 1 is 1.50 bits per heavy atom. The van der Waals surface area contributed by atoms with Crippen molar-refractivity contribution in [3.05, 3.63) is 22.8 Å². The zero-order valence-corrected chi connectivity index (χ0v) is 8.19. The zero-order valence-electron chi connectivity index (χ0n) is 6.68. The molecule has 0 saturated carbocycles. The molecule has 1 aromatic rings. The van der Waals surface area contributed by atoms with Crippen LogP contribution in [0.25, 0.3) is 0 Å². The van der Waals surface area contributed by atoms with E-state index in [9.17, 15) is 0 Å². The van der Waals surface area contributed by atoms with Gasteiger partial charge in [0.05, 0.1) is 23.2 Å². The molecule has 2 nitrogen and oxygen atoms in total. The summed E-state index contributed by atoms with van der Waals surface area (Å²) in [6.07, 6.45) is 0. The molecule has 0 aliphatic heterocycles. The zero-order chi connectivity index (χ0) is 8.97. The van der Waals surface area contributed by atoms with Gasteiger partial charge in [0.2, 0.25) is 5.88 Å². The second-order valence-corrected chi connectivity index (χ2v) is 2.82. The molecule has 12 heavy (non-hydrogen) atoms. The van der Waals surface area contributed by atoms with Crippen molar-refractivity contribution in [3.63, 3.8) is 0 Å². The Balaban J connectivity index is 2.89. The first kappa shape index (κ1) is 9.62. The fraction of sp³-hybridized carbons (Fsp3) is 0.375. The lowest BCUT2D eigenvalue weighted by Crippen LogP contribution is -1.96. The third-order valence-corrected chi connectivity index (χ3v) is 1.91. The van der Waals surface area contributed by atoms with Crippen LogP contribution in [0, 0.1) is 0 Å². The van der Waals surface area contributed by atoms with Crippen molar-refractivity contribution in [2.45, 2.75) is 12.8 Å². The van der Waals surface area contributed by atoms with Gasteiger partial charge in [0.25, 0.3) is 0 Å². The largest absolute Gasteiger partial charge is 0.478 e. The first-order valence-corrected chi connectivity index (χ1v) is 4.53. The van der Waals surface area contributed by atoms with Crippen molar-refractivity contribution in [2.24, 2.45) is 0 Å². The number of pyridine rings is 1. The number of hydrogen-bond acceptors (Lipinski definition) is 2. The van der Waals surface area contributed by atoms with Crippen LogP contribution < -0.4 is 4.74 Å². The van der Waals surface area contributed by atoms with E-state index in [-0.39, 0.29) is 0 Å². The van der Waals surface area contributed by atoms with Gasteiger partial charge < -0.3 is 4.74 Å². The van der Waals surface area contributed by atoms with Gasteiger partial charge in [-0.25, -0.2) is 4.98 Å². The lowest BCUT2D eigenvalue weighted by molar-refractivity contribution is 0.326. The number of nitrogens with zero attached hydrogens (tertiary/aromatic N) is 1. The topological polar surface area (TPSA) is 22.1 Å². The Labute approximate surface area is 81.5 Å². The number of halogens is 2. The molecule has 0 fully saturated rings. The molecule has 0 amide bonds. The summed E-state index contributed by atoms with van der Waals surface area (Å²) in [7, 11) is 0. The van der Waals surface area contributed by atoms with Gasteiger partial charge >= 0.3 is 0 Å². The summed E-state index contributed by atoms with van der Waals surface area (Å²) in [6, 6.07) is 3.46. The minimum atomic E-state index is 0.305. The maximum Gasteiger partial charge on any atom is 0.213 e. The molecule has 0 aliphatic rings. The highest BCUT2D eigenvalue weighted by Gasteiger charge is 2.02. The fourth-order valence-electron chi connectivity index (χ4n) is 0.786.